The van der Waals surface area contributed by atoms with Crippen LogP contribution in [0.25, 0.3) is 0 Å². The first kappa shape index (κ1) is 12.4. The Morgan fingerprint density at radius 3 is 2.88 bits per heavy atom. The Bertz CT molecular complexity index is 353. The first-order valence-electron chi connectivity index (χ1n) is 4.72. The third kappa shape index (κ3) is 4.26. The highest BCUT2D eigenvalue weighted by molar-refractivity contribution is 7.09. The molecule has 0 saturated carbocycles. The van der Waals surface area contributed by atoms with Gasteiger partial charge in [-0.05, 0) is 0 Å². The van der Waals surface area contributed by atoms with Gasteiger partial charge in [-0.15, -0.1) is 11.3 Å². The van der Waals surface area contributed by atoms with E-state index in [1.165, 1.54) is 11.3 Å². The van der Waals surface area contributed by atoms with Crippen LogP contribution in [-0.4, -0.2) is 35.2 Å². The summed E-state index contributed by atoms with van der Waals surface area (Å²) in [6, 6.07) is -0.481. The fourth-order valence-corrected chi connectivity index (χ4v) is 1.73. The third-order valence-corrected chi connectivity index (χ3v) is 2.85. The Labute approximate surface area is 96.7 Å². The number of nitrogens with one attached hydrogen (secondary N) is 2. The summed E-state index contributed by atoms with van der Waals surface area (Å²) in [6.45, 7) is 1.99. The van der Waals surface area contributed by atoms with Crippen molar-refractivity contribution in [3.63, 3.8) is 0 Å². The summed E-state index contributed by atoms with van der Waals surface area (Å²) in [6.07, 6.45) is 1.71. The van der Waals surface area contributed by atoms with Crippen LogP contribution in [0.4, 0.5) is 4.79 Å². The summed E-state index contributed by atoms with van der Waals surface area (Å²) in [5.41, 5.74) is 0. The van der Waals surface area contributed by atoms with Crippen molar-refractivity contribution >= 4 is 23.3 Å². The van der Waals surface area contributed by atoms with Gasteiger partial charge in [0.15, 0.2) is 0 Å². The Morgan fingerprint density at radius 2 is 2.31 bits per heavy atom. The van der Waals surface area contributed by atoms with Crippen LogP contribution in [-0.2, 0) is 4.79 Å². The largest absolute Gasteiger partial charge is 0.480 e. The number of thiazole rings is 1. The molecule has 88 valence electrons. The summed E-state index contributed by atoms with van der Waals surface area (Å²) in [5.74, 6) is -0.946. The monoisotopic (exact) mass is 243 g/mol. The molecule has 0 aliphatic carbocycles. The summed E-state index contributed by atoms with van der Waals surface area (Å²) >= 11 is 1.52. The summed E-state index contributed by atoms with van der Waals surface area (Å²) in [5, 5.41) is 15.9. The minimum absolute atomic E-state index is 0.121. The molecule has 0 aliphatic rings. The number of aromatic nitrogens is 1. The number of hydrogen-bond acceptors (Lipinski definition) is 4. The van der Waals surface area contributed by atoms with Gasteiger partial charge in [0.2, 0.25) is 0 Å². The maximum atomic E-state index is 11.1. The lowest BCUT2D eigenvalue weighted by Gasteiger charge is -2.10. The molecule has 0 bridgehead atoms. The fourth-order valence-electron chi connectivity index (χ4n) is 1.03. The minimum Gasteiger partial charge on any atom is -0.480 e. The molecule has 0 radical (unpaired) electrons. The summed E-state index contributed by atoms with van der Waals surface area (Å²) in [4.78, 5) is 25.4. The molecule has 6 nitrogen and oxygen atoms in total. The normalized spacial score (nSPS) is 11.8. The van der Waals surface area contributed by atoms with Crippen LogP contribution in [0.3, 0.4) is 0 Å². The summed E-state index contributed by atoms with van der Waals surface area (Å²) < 4.78 is 0. The van der Waals surface area contributed by atoms with Crippen molar-refractivity contribution < 1.29 is 14.7 Å². The van der Waals surface area contributed by atoms with Crippen LogP contribution in [0.15, 0.2) is 11.6 Å². The van der Waals surface area contributed by atoms with E-state index in [9.17, 15) is 9.59 Å². The van der Waals surface area contributed by atoms with E-state index in [-0.39, 0.29) is 12.5 Å². The number of hydrogen-bond donors (Lipinski definition) is 3. The van der Waals surface area contributed by atoms with Crippen LogP contribution < -0.4 is 10.6 Å². The van der Waals surface area contributed by atoms with Gasteiger partial charge in [0.05, 0.1) is 5.01 Å². The van der Waals surface area contributed by atoms with Crippen LogP contribution in [0.2, 0.25) is 0 Å². The molecular formula is C9H13N3O3S. The maximum absolute atomic E-state index is 11.1. The van der Waals surface area contributed by atoms with Gasteiger partial charge >= 0.3 is 12.0 Å². The first-order chi connectivity index (χ1) is 7.59. The molecule has 16 heavy (non-hydrogen) atoms. The number of carboxylic acid groups (broad SMARTS) is 1. The third-order valence-electron chi connectivity index (χ3n) is 1.84. The predicted molar refractivity (Wildman–Crippen MR) is 59.6 cm³/mol. The molecule has 0 aromatic carbocycles. The maximum Gasteiger partial charge on any atom is 0.323 e. The Morgan fingerprint density at radius 1 is 1.56 bits per heavy atom. The molecular weight excluding hydrogens is 230 g/mol. The zero-order chi connectivity index (χ0) is 12.0. The molecule has 2 amide bonds. The molecule has 3 N–H and O–H groups in total. The zero-order valence-corrected chi connectivity index (χ0v) is 9.58. The van der Waals surface area contributed by atoms with Gasteiger partial charge < -0.3 is 15.7 Å². The lowest BCUT2D eigenvalue weighted by atomic mass is 10.2. The van der Waals surface area contributed by atoms with E-state index in [2.05, 4.69) is 15.6 Å². The molecule has 1 heterocycles. The van der Waals surface area contributed by atoms with Gasteiger partial charge in [0.1, 0.15) is 6.54 Å². The number of carbonyl (C=O) groups is 2. The van der Waals surface area contributed by atoms with Gasteiger partial charge in [-0.1, -0.05) is 6.92 Å². The van der Waals surface area contributed by atoms with Crippen molar-refractivity contribution in [2.45, 2.75) is 12.8 Å². The van der Waals surface area contributed by atoms with Gasteiger partial charge in [0.25, 0.3) is 0 Å². The van der Waals surface area contributed by atoms with Crippen LogP contribution in [0.1, 0.15) is 17.8 Å². The van der Waals surface area contributed by atoms with Gasteiger partial charge in [0, 0.05) is 24.0 Å². The number of aliphatic carboxylic acids is 1. The van der Waals surface area contributed by atoms with Crippen molar-refractivity contribution in [1.29, 1.82) is 0 Å². The van der Waals surface area contributed by atoms with Crippen LogP contribution >= 0.6 is 11.3 Å². The fraction of sp³-hybridized carbons (Fsp3) is 0.444. The predicted octanol–water partition coefficient (Wildman–Crippen LogP) is 0.630. The van der Waals surface area contributed by atoms with E-state index >= 15 is 0 Å². The van der Waals surface area contributed by atoms with E-state index in [0.717, 1.165) is 5.01 Å². The SMILES string of the molecule is CC(CNC(=O)NCC(=O)O)c1nccs1. The molecule has 0 fully saturated rings. The van der Waals surface area contributed by atoms with E-state index in [1.54, 1.807) is 6.20 Å². The molecule has 1 unspecified atom stereocenters. The quantitative estimate of drug-likeness (QED) is 0.707. The van der Waals surface area contributed by atoms with E-state index in [0.29, 0.717) is 6.54 Å². The molecule has 0 spiro atoms. The lowest BCUT2D eigenvalue weighted by molar-refractivity contribution is -0.135. The second kappa shape index (κ2) is 6.06. The standard InChI is InChI=1S/C9H13N3O3S/c1-6(8-10-2-3-16-8)4-11-9(15)12-5-7(13)14/h2-3,6H,4-5H2,1H3,(H,13,14)(H2,11,12,15). The zero-order valence-electron chi connectivity index (χ0n) is 8.77. The Kier molecular flexibility index (Phi) is 4.71. The highest BCUT2D eigenvalue weighted by atomic mass is 32.1. The molecule has 0 saturated heterocycles. The van der Waals surface area contributed by atoms with Crippen molar-refractivity contribution in [2.75, 3.05) is 13.1 Å². The average Bonchev–Trinajstić information content (AvgIpc) is 2.76. The van der Waals surface area contributed by atoms with Gasteiger partial charge in [-0.3, -0.25) is 4.79 Å². The number of urea groups is 1. The second-order valence-electron chi connectivity index (χ2n) is 3.23. The lowest BCUT2D eigenvalue weighted by Crippen LogP contribution is -2.39. The average molecular weight is 243 g/mol. The number of amides is 2. The van der Waals surface area contributed by atoms with Crippen LogP contribution in [0, 0.1) is 0 Å². The number of carbonyl (C=O) groups excluding carboxylic acids is 1. The van der Waals surface area contributed by atoms with E-state index in [1.807, 2.05) is 12.3 Å². The number of nitrogens with zero attached hydrogens (tertiary/aromatic N) is 1. The van der Waals surface area contributed by atoms with Gasteiger partial charge in [-0.2, -0.15) is 0 Å². The highest BCUT2D eigenvalue weighted by Crippen LogP contribution is 2.15. The molecule has 1 rings (SSSR count). The summed E-state index contributed by atoms with van der Waals surface area (Å²) in [7, 11) is 0. The Balaban J connectivity index is 2.24. The smallest absolute Gasteiger partial charge is 0.323 e. The minimum atomic E-state index is -1.07. The van der Waals surface area contributed by atoms with Crippen molar-refractivity contribution in [1.82, 2.24) is 15.6 Å². The molecule has 1 aromatic rings. The molecule has 7 heteroatoms. The Hall–Kier alpha value is -1.63. The van der Waals surface area contributed by atoms with Crippen molar-refractivity contribution in [3.8, 4) is 0 Å². The highest BCUT2D eigenvalue weighted by Gasteiger charge is 2.10. The van der Waals surface area contributed by atoms with E-state index in [4.69, 9.17) is 5.11 Å². The molecule has 0 aliphatic heterocycles. The number of carboxylic acids is 1. The van der Waals surface area contributed by atoms with Crippen molar-refractivity contribution in [2.24, 2.45) is 0 Å². The molecule has 1 atom stereocenters. The van der Waals surface area contributed by atoms with Crippen LogP contribution in [0.5, 0.6) is 0 Å². The second-order valence-corrected chi connectivity index (χ2v) is 4.15. The van der Waals surface area contributed by atoms with Gasteiger partial charge in [-0.25, -0.2) is 9.78 Å². The molecule has 1 aromatic heterocycles. The topological polar surface area (TPSA) is 91.3 Å². The van der Waals surface area contributed by atoms with E-state index < -0.39 is 12.0 Å². The number of rotatable bonds is 5. The first-order valence-corrected chi connectivity index (χ1v) is 5.60. The van der Waals surface area contributed by atoms with Crippen molar-refractivity contribution in [3.05, 3.63) is 16.6 Å².